The number of nitrogens with zero attached hydrogens (tertiary/aromatic N) is 5. The van der Waals surface area contributed by atoms with Gasteiger partial charge in [-0.15, -0.1) is 49.6 Å². The third-order valence-electron chi connectivity index (χ3n) is 6.01. The quantitative estimate of drug-likeness (QED) is 0.434. The van der Waals surface area contributed by atoms with E-state index in [2.05, 4.69) is 44.9 Å². The molecule has 0 aliphatic carbocycles. The lowest BCUT2D eigenvalue weighted by atomic mass is 10.0. The number of para-hydroxylation sites is 2. The second-order valence-electron chi connectivity index (χ2n) is 8.63. The first-order valence-electron chi connectivity index (χ1n) is 10.9. The summed E-state index contributed by atoms with van der Waals surface area (Å²) in [4.78, 5) is 16.9. The van der Waals surface area contributed by atoms with E-state index >= 15 is 0 Å². The van der Waals surface area contributed by atoms with Crippen LogP contribution in [0.1, 0.15) is 42.5 Å². The van der Waals surface area contributed by atoms with Gasteiger partial charge in [-0.1, -0.05) is 12.1 Å². The third kappa shape index (κ3) is 10.3. The second kappa shape index (κ2) is 18.7. The van der Waals surface area contributed by atoms with Crippen LogP contribution in [0.15, 0.2) is 24.3 Å². The number of hydrogen-bond donors (Lipinski definition) is 2. The molecule has 0 spiro atoms. The number of halogens is 4. The number of nitrogens with two attached hydrogens (primary N) is 1. The van der Waals surface area contributed by atoms with Crippen LogP contribution in [0.2, 0.25) is 0 Å². The van der Waals surface area contributed by atoms with Crippen LogP contribution in [0.25, 0.3) is 11.0 Å². The molecule has 216 valence electrons. The Bertz CT molecular complexity index is 1050. The fourth-order valence-corrected chi connectivity index (χ4v) is 4.26. The summed E-state index contributed by atoms with van der Waals surface area (Å²) in [5, 5.41) is 3.72. The number of aryl methyl sites for hydroxylation is 3. The summed E-state index contributed by atoms with van der Waals surface area (Å²) in [5.74, 6) is 0.918. The predicted molar refractivity (Wildman–Crippen MR) is 162 cm³/mol. The summed E-state index contributed by atoms with van der Waals surface area (Å²) in [5.41, 5.74) is 12.0. The van der Waals surface area contributed by atoms with E-state index in [0.717, 1.165) is 72.2 Å². The normalized spacial score (nSPS) is 13.6. The van der Waals surface area contributed by atoms with Gasteiger partial charge < -0.3 is 36.9 Å². The van der Waals surface area contributed by atoms with Crippen molar-refractivity contribution in [3.05, 3.63) is 47.0 Å². The van der Waals surface area contributed by atoms with E-state index in [0.29, 0.717) is 12.6 Å². The molecule has 9 N–H and O–H groups in total. The van der Waals surface area contributed by atoms with Crippen molar-refractivity contribution in [2.45, 2.75) is 59.2 Å². The van der Waals surface area contributed by atoms with Crippen molar-refractivity contribution in [1.29, 1.82) is 0 Å². The van der Waals surface area contributed by atoms with Gasteiger partial charge in [0, 0.05) is 31.7 Å². The molecule has 1 saturated heterocycles. The molecule has 37 heavy (non-hydrogen) atoms. The topological polar surface area (TPSA) is 179 Å². The fourth-order valence-electron chi connectivity index (χ4n) is 4.26. The Kier molecular flexibility index (Phi) is 21.6. The number of hydrogen-bond acceptors (Lipinski definition) is 6. The lowest BCUT2D eigenvalue weighted by Crippen LogP contribution is -2.44. The molecule has 1 aliphatic rings. The Balaban J connectivity index is -0.000000778. The number of anilines is 1. The standard InChI is InChI=1S/C23H33N7.4ClH.3H2O/c1-15(24)13-29-11-9-19(10-12-29)27-23-28-20-7-5-6-8-22(20)30(23)14-21-18(4)25-16(2)17(3)26-21;;;;;;;/h5-8,15,19H,9-14,24H2,1-4H3,(H,27,28);4*1H;3*1H2. The van der Waals surface area contributed by atoms with Crippen molar-refractivity contribution in [3.63, 3.8) is 0 Å². The van der Waals surface area contributed by atoms with Crippen molar-refractivity contribution in [1.82, 2.24) is 24.4 Å². The summed E-state index contributed by atoms with van der Waals surface area (Å²) >= 11 is 0. The summed E-state index contributed by atoms with van der Waals surface area (Å²) in [6.45, 7) is 11.9. The van der Waals surface area contributed by atoms with E-state index in [1.807, 2.05) is 26.8 Å². The summed E-state index contributed by atoms with van der Waals surface area (Å²) < 4.78 is 2.25. The minimum Gasteiger partial charge on any atom is -0.412 e. The van der Waals surface area contributed by atoms with Crippen LogP contribution in [0.5, 0.6) is 0 Å². The highest BCUT2D eigenvalue weighted by atomic mass is 35.5. The zero-order valence-corrected chi connectivity index (χ0v) is 24.9. The van der Waals surface area contributed by atoms with Gasteiger partial charge in [0.25, 0.3) is 0 Å². The van der Waals surface area contributed by atoms with Gasteiger partial charge in [-0.3, -0.25) is 9.97 Å². The van der Waals surface area contributed by atoms with Crippen LogP contribution >= 0.6 is 49.6 Å². The molecule has 3 aromatic rings. The molecule has 1 unspecified atom stereocenters. The van der Waals surface area contributed by atoms with Crippen LogP contribution in [-0.2, 0) is 6.54 Å². The first-order chi connectivity index (χ1) is 14.4. The van der Waals surface area contributed by atoms with E-state index in [1.54, 1.807) is 0 Å². The molecule has 0 saturated carbocycles. The maximum absolute atomic E-state index is 5.97. The summed E-state index contributed by atoms with van der Waals surface area (Å²) in [6.07, 6.45) is 2.19. The number of benzene rings is 1. The van der Waals surface area contributed by atoms with Gasteiger partial charge in [-0.25, -0.2) is 4.98 Å². The predicted octanol–water partition coefficient (Wildman–Crippen LogP) is 2.24. The number of rotatable bonds is 6. The molecule has 14 heteroatoms. The molecule has 3 heterocycles. The minimum atomic E-state index is 0. The molecular weight excluding hydrogens is 564 g/mol. The highest BCUT2D eigenvalue weighted by Gasteiger charge is 2.22. The van der Waals surface area contributed by atoms with Gasteiger partial charge in [0.05, 0.1) is 40.4 Å². The first kappa shape index (κ1) is 42.6. The Hall–Kier alpha value is -1.47. The van der Waals surface area contributed by atoms with Crippen LogP contribution in [0, 0.1) is 20.8 Å². The number of nitrogens with one attached hydrogen (secondary N) is 1. The molecule has 0 radical (unpaired) electrons. The largest absolute Gasteiger partial charge is 0.412 e. The molecule has 4 rings (SSSR count). The van der Waals surface area contributed by atoms with Crippen molar-refractivity contribution < 1.29 is 16.4 Å². The smallest absolute Gasteiger partial charge is 0.204 e. The van der Waals surface area contributed by atoms with Gasteiger partial charge in [-0.05, 0) is 52.7 Å². The molecule has 10 nitrogen and oxygen atoms in total. The van der Waals surface area contributed by atoms with Gasteiger partial charge >= 0.3 is 0 Å². The molecule has 1 fully saturated rings. The lowest BCUT2D eigenvalue weighted by Gasteiger charge is -2.33. The van der Waals surface area contributed by atoms with Crippen LogP contribution in [-0.4, -0.2) is 72.6 Å². The average Bonchev–Trinajstić information content (AvgIpc) is 3.04. The van der Waals surface area contributed by atoms with Crippen molar-refractivity contribution in [2.24, 2.45) is 5.73 Å². The second-order valence-corrected chi connectivity index (χ2v) is 8.63. The number of imidazole rings is 1. The minimum absolute atomic E-state index is 0. The number of aromatic nitrogens is 4. The van der Waals surface area contributed by atoms with Crippen LogP contribution in [0.4, 0.5) is 5.95 Å². The Morgan fingerprint density at radius 3 is 2.05 bits per heavy atom. The fraction of sp³-hybridized carbons (Fsp3) is 0.522. The molecule has 2 aromatic heterocycles. The SMILES string of the molecule is Cc1nc(C)c(Cn2c(NC3CCN(CC(C)N)CC3)nc3ccccc32)nc1C.Cl.Cl.Cl.Cl.O.O.O. The van der Waals surface area contributed by atoms with Crippen molar-refractivity contribution in [3.8, 4) is 0 Å². The Labute approximate surface area is 243 Å². The van der Waals surface area contributed by atoms with Crippen molar-refractivity contribution in [2.75, 3.05) is 25.0 Å². The van der Waals surface area contributed by atoms with Gasteiger partial charge in [0.2, 0.25) is 5.95 Å². The van der Waals surface area contributed by atoms with E-state index in [1.165, 1.54) is 0 Å². The van der Waals surface area contributed by atoms with Crippen LogP contribution in [0.3, 0.4) is 0 Å². The Morgan fingerprint density at radius 2 is 1.46 bits per heavy atom. The molecule has 1 aliphatic heterocycles. The molecular formula is C23H43Cl4N7O3. The van der Waals surface area contributed by atoms with Gasteiger partial charge in [0.1, 0.15) is 0 Å². The molecule has 0 bridgehead atoms. The van der Waals surface area contributed by atoms with E-state index < -0.39 is 0 Å². The molecule has 1 aromatic carbocycles. The highest BCUT2D eigenvalue weighted by Crippen LogP contribution is 2.24. The zero-order chi connectivity index (χ0) is 21.3. The zero-order valence-electron chi connectivity index (χ0n) is 21.7. The monoisotopic (exact) mass is 605 g/mol. The number of likely N-dealkylation sites (tertiary alicyclic amines) is 1. The van der Waals surface area contributed by atoms with Gasteiger partial charge in [0.15, 0.2) is 0 Å². The Morgan fingerprint density at radius 1 is 0.892 bits per heavy atom. The van der Waals surface area contributed by atoms with Crippen LogP contribution < -0.4 is 11.1 Å². The van der Waals surface area contributed by atoms with E-state index in [4.69, 9.17) is 15.7 Å². The van der Waals surface area contributed by atoms with Gasteiger partial charge in [-0.2, -0.15) is 0 Å². The number of piperidine rings is 1. The van der Waals surface area contributed by atoms with E-state index in [-0.39, 0.29) is 72.1 Å². The average molecular weight is 607 g/mol. The maximum Gasteiger partial charge on any atom is 0.204 e. The lowest BCUT2D eigenvalue weighted by molar-refractivity contribution is 0.210. The van der Waals surface area contributed by atoms with E-state index in [9.17, 15) is 0 Å². The third-order valence-corrected chi connectivity index (χ3v) is 6.01. The molecule has 0 amide bonds. The maximum atomic E-state index is 5.97. The summed E-state index contributed by atoms with van der Waals surface area (Å²) in [7, 11) is 0. The first-order valence-corrected chi connectivity index (χ1v) is 10.9. The molecule has 1 atom stereocenters. The van der Waals surface area contributed by atoms with Crippen molar-refractivity contribution >= 4 is 66.6 Å². The highest BCUT2D eigenvalue weighted by molar-refractivity contribution is 5.86. The number of fused-ring (bicyclic) bond motifs is 1. The summed E-state index contributed by atoms with van der Waals surface area (Å²) in [6, 6.07) is 8.94.